The zero-order chi connectivity index (χ0) is 17.3. The van der Waals surface area contributed by atoms with Crippen LogP contribution in [0, 0.1) is 0 Å². The molecule has 134 valence electrons. The van der Waals surface area contributed by atoms with Crippen molar-refractivity contribution in [2.75, 3.05) is 51.9 Å². The SMILES string of the molecule is O=S(=O)(CCCNC(CO)(CO)CO)OC(CO)(CO)CO. The summed E-state index contributed by atoms with van der Waals surface area (Å²) in [7, 11) is -4.12. The minimum absolute atomic E-state index is 0.0163. The maximum atomic E-state index is 11.7. The second-order valence-corrected chi connectivity index (χ2v) is 6.73. The van der Waals surface area contributed by atoms with E-state index in [1.54, 1.807) is 0 Å². The Bertz CT molecular complexity index is 376. The average Bonchev–Trinajstić information content (AvgIpc) is 2.53. The summed E-state index contributed by atoms with van der Waals surface area (Å²) in [6.07, 6.45) is 0.0163. The van der Waals surface area contributed by atoms with Gasteiger partial charge in [-0.3, -0.25) is 4.18 Å². The van der Waals surface area contributed by atoms with Crippen LogP contribution in [-0.4, -0.2) is 102 Å². The van der Waals surface area contributed by atoms with E-state index in [2.05, 4.69) is 9.50 Å². The Morgan fingerprint density at radius 2 is 1.27 bits per heavy atom. The van der Waals surface area contributed by atoms with Gasteiger partial charge in [-0.05, 0) is 13.0 Å². The fourth-order valence-corrected chi connectivity index (χ4v) is 2.74. The molecule has 0 aromatic heterocycles. The molecule has 0 saturated heterocycles. The number of nitrogens with one attached hydrogen (secondary N) is 1. The van der Waals surface area contributed by atoms with Gasteiger partial charge in [0.15, 0.2) is 5.60 Å². The van der Waals surface area contributed by atoms with Crippen molar-refractivity contribution in [3.8, 4) is 0 Å². The molecule has 11 heteroatoms. The maximum absolute atomic E-state index is 11.7. The third-order valence-electron chi connectivity index (χ3n) is 3.15. The Morgan fingerprint density at radius 1 is 0.818 bits per heavy atom. The molecular weight excluding hydrogens is 322 g/mol. The van der Waals surface area contributed by atoms with E-state index >= 15 is 0 Å². The molecule has 0 aromatic carbocycles. The van der Waals surface area contributed by atoms with Crippen LogP contribution in [0.5, 0.6) is 0 Å². The van der Waals surface area contributed by atoms with Gasteiger partial charge in [0.05, 0.1) is 50.9 Å². The predicted molar refractivity (Wildman–Crippen MR) is 75.5 cm³/mol. The molecule has 7 N–H and O–H groups in total. The number of hydrogen-bond donors (Lipinski definition) is 7. The minimum Gasteiger partial charge on any atom is -0.394 e. The van der Waals surface area contributed by atoms with Crippen LogP contribution in [0.15, 0.2) is 0 Å². The van der Waals surface area contributed by atoms with Gasteiger partial charge >= 0.3 is 0 Å². The third kappa shape index (κ3) is 6.40. The largest absolute Gasteiger partial charge is 0.394 e. The number of rotatable bonds is 13. The zero-order valence-electron chi connectivity index (χ0n) is 12.2. The minimum atomic E-state index is -4.12. The summed E-state index contributed by atoms with van der Waals surface area (Å²) in [5, 5.41) is 56.9. The predicted octanol–water partition coefficient (Wildman–Crippen LogP) is -4.26. The van der Waals surface area contributed by atoms with E-state index in [0.717, 1.165) is 0 Å². The van der Waals surface area contributed by atoms with Crippen molar-refractivity contribution in [3.05, 3.63) is 0 Å². The summed E-state index contributed by atoms with van der Waals surface area (Å²) in [6, 6.07) is 0. The average molecular weight is 347 g/mol. The first-order valence-electron chi connectivity index (χ1n) is 6.62. The van der Waals surface area contributed by atoms with Crippen molar-refractivity contribution in [2.45, 2.75) is 17.6 Å². The molecule has 0 aromatic rings. The first-order valence-corrected chi connectivity index (χ1v) is 8.19. The lowest BCUT2D eigenvalue weighted by molar-refractivity contribution is -0.0638. The van der Waals surface area contributed by atoms with E-state index in [4.69, 9.17) is 30.6 Å². The monoisotopic (exact) mass is 347 g/mol. The highest BCUT2D eigenvalue weighted by atomic mass is 32.2. The molecule has 0 heterocycles. The van der Waals surface area contributed by atoms with Crippen LogP contribution in [0.3, 0.4) is 0 Å². The second-order valence-electron chi connectivity index (χ2n) is 5.04. The molecule has 22 heavy (non-hydrogen) atoms. The van der Waals surface area contributed by atoms with Gasteiger partial charge < -0.3 is 36.0 Å². The molecule has 0 rings (SSSR count). The lowest BCUT2D eigenvalue weighted by Crippen LogP contribution is -2.55. The van der Waals surface area contributed by atoms with Crippen molar-refractivity contribution in [3.63, 3.8) is 0 Å². The van der Waals surface area contributed by atoms with Gasteiger partial charge in [0.1, 0.15) is 0 Å². The second kappa shape index (κ2) is 9.70. The first-order chi connectivity index (χ1) is 10.3. The van der Waals surface area contributed by atoms with Crippen molar-refractivity contribution in [1.29, 1.82) is 0 Å². The third-order valence-corrected chi connectivity index (χ3v) is 4.54. The van der Waals surface area contributed by atoms with Crippen LogP contribution in [0.25, 0.3) is 0 Å². The summed E-state index contributed by atoms with van der Waals surface area (Å²) in [6.45, 7) is -4.18. The molecule has 10 nitrogen and oxygen atoms in total. The molecule has 0 bridgehead atoms. The lowest BCUT2D eigenvalue weighted by Gasteiger charge is -2.29. The normalized spacial score (nSPS) is 13.5. The molecule has 0 amide bonds. The molecule has 0 aliphatic carbocycles. The number of aliphatic hydroxyl groups is 6. The zero-order valence-corrected chi connectivity index (χ0v) is 13.0. The van der Waals surface area contributed by atoms with Crippen LogP contribution in [-0.2, 0) is 14.3 Å². The van der Waals surface area contributed by atoms with Crippen LogP contribution >= 0.6 is 0 Å². The fourth-order valence-electron chi connectivity index (χ4n) is 1.46. The highest BCUT2D eigenvalue weighted by Crippen LogP contribution is 2.14. The molecule has 0 spiro atoms. The van der Waals surface area contributed by atoms with E-state index in [1.807, 2.05) is 0 Å². The summed E-state index contributed by atoms with van der Waals surface area (Å²) >= 11 is 0. The van der Waals surface area contributed by atoms with Gasteiger partial charge in [0.2, 0.25) is 0 Å². The molecule has 0 saturated carbocycles. The van der Waals surface area contributed by atoms with Gasteiger partial charge in [-0.2, -0.15) is 8.42 Å². The van der Waals surface area contributed by atoms with Crippen molar-refractivity contribution >= 4 is 10.1 Å². The van der Waals surface area contributed by atoms with Crippen LogP contribution in [0.2, 0.25) is 0 Å². The lowest BCUT2D eigenvalue weighted by atomic mass is 10.0. The standard InChI is InChI=1S/C11H25NO9S/c13-4-10(5-14,6-15)12-2-1-3-22(19,20)21-11(7-16,8-17)9-18/h12-18H,1-9H2. The highest BCUT2D eigenvalue weighted by molar-refractivity contribution is 7.86. The first kappa shape index (κ1) is 21.6. The van der Waals surface area contributed by atoms with Crippen molar-refractivity contribution < 1.29 is 43.2 Å². The van der Waals surface area contributed by atoms with E-state index in [-0.39, 0.29) is 13.0 Å². The highest BCUT2D eigenvalue weighted by Gasteiger charge is 2.35. The van der Waals surface area contributed by atoms with Gasteiger partial charge in [0.25, 0.3) is 10.1 Å². The molecule has 0 aliphatic rings. The number of hydrogen-bond acceptors (Lipinski definition) is 10. The Kier molecular flexibility index (Phi) is 9.54. The number of aliphatic hydroxyl groups excluding tert-OH is 6. The van der Waals surface area contributed by atoms with E-state index in [1.165, 1.54) is 0 Å². The van der Waals surface area contributed by atoms with E-state index < -0.39 is 66.7 Å². The Balaban J connectivity index is 4.46. The van der Waals surface area contributed by atoms with Crippen molar-refractivity contribution in [2.24, 2.45) is 0 Å². The quantitative estimate of drug-likeness (QED) is 0.127. The summed E-state index contributed by atoms with van der Waals surface area (Å²) < 4.78 is 28.1. The molecule has 0 unspecified atom stereocenters. The van der Waals surface area contributed by atoms with Crippen molar-refractivity contribution in [1.82, 2.24) is 5.32 Å². The summed E-state index contributed by atoms with van der Waals surface area (Å²) in [5.41, 5.74) is -3.28. The molecular formula is C11H25NO9S. The van der Waals surface area contributed by atoms with Crippen LogP contribution < -0.4 is 5.32 Å². The molecule has 0 atom stereocenters. The fraction of sp³-hybridized carbons (Fsp3) is 1.00. The Hall–Kier alpha value is -0.370. The molecule has 0 aliphatic heterocycles. The van der Waals surface area contributed by atoms with E-state index in [0.29, 0.717) is 0 Å². The van der Waals surface area contributed by atoms with Crippen LogP contribution in [0.4, 0.5) is 0 Å². The van der Waals surface area contributed by atoms with E-state index in [9.17, 15) is 8.42 Å². The Labute approximate surface area is 129 Å². The van der Waals surface area contributed by atoms with Crippen LogP contribution in [0.1, 0.15) is 6.42 Å². The maximum Gasteiger partial charge on any atom is 0.268 e. The molecule has 0 radical (unpaired) electrons. The molecule has 0 fully saturated rings. The van der Waals surface area contributed by atoms with Gasteiger partial charge in [0, 0.05) is 0 Å². The van der Waals surface area contributed by atoms with Gasteiger partial charge in [-0.1, -0.05) is 0 Å². The van der Waals surface area contributed by atoms with Gasteiger partial charge in [-0.25, -0.2) is 0 Å². The summed E-state index contributed by atoms with van der Waals surface area (Å²) in [4.78, 5) is 0. The van der Waals surface area contributed by atoms with Gasteiger partial charge in [-0.15, -0.1) is 0 Å². The summed E-state index contributed by atoms with van der Waals surface area (Å²) in [5.74, 6) is -0.486. The Morgan fingerprint density at radius 3 is 1.64 bits per heavy atom. The topological polar surface area (TPSA) is 177 Å². The smallest absolute Gasteiger partial charge is 0.268 e.